The maximum absolute atomic E-state index is 13.5. The molecule has 0 aliphatic carbocycles. The van der Waals surface area contributed by atoms with Crippen molar-refractivity contribution in [3.63, 3.8) is 0 Å². The fraction of sp³-hybridized carbons (Fsp3) is 0.300. The van der Waals surface area contributed by atoms with Crippen molar-refractivity contribution in [2.75, 3.05) is 51.7 Å². The predicted octanol–water partition coefficient (Wildman–Crippen LogP) is 15.5. The van der Waals surface area contributed by atoms with Gasteiger partial charge in [-0.15, -0.1) is 0 Å². The van der Waals surface area contributed by atoms with Crippen molar-refractivity contribution in [1.29, 1.82) is 0 Å². The molecule has 726 valence electrons. The second-order valence-corrected chi connectivity index (χ2v) is 42.8. The van der Waals surface area contributed by atoms with E-state index in [2.05, 4.69) is 61.0 Å². The average Bonchev–Trinajstić information content (AvgIpc) is 1.61. The Hall–Kier alpha value is -14.8. The topological polar surface area (TPSA) is 443 Å². The van der Waals surface area contributed by atoms with Gasteiger partial charge in [-0.1, -0.05) is 135 Å². The third kappa shape index (κ3) is 24.4. The van der Waals surface area contributed by atoms with E-state index in [9.17, 15) is 54.0 Å². The molecule has 0 bridgehead atoms. The van der Waals surface area contributed by atoms with E-state index < -0.39 is 83.1 Å². The molecule has 0 radical (unpaired) electrons. The van der Waals surface area contributed by atoms with Gasteiger partial charge in [0.1, 0.15) is 51.3 Å². The number of urea groups is 3. The molecule has 13 aromatic rings. The normalized spacial score (nSPS) is 15.7. The van der Waals surface area contributed by atoms with Crippen LogP contribution in [0.5, 0.6) is 17.2 Å². The van der Waals surface area contributed by atoms with Crippen molar-refractivity contribution in [1.82, 2.24) is 71.4 Å². The van der Waals surface area contributed by atoms with Crippen LogP contribution in [0.15, 0.2) is 250 Å². The molecule has 3 fully saturated rings. The summed E-state index contributed by atoms with van der Waals surface area (Å²) < 4.78 is 107. The Balaban J connectivity index is 0.000000166. The Morgan fingerprint density at radius 3 is 1.00 bits per heavy atom. The molecule has 139 heavy (non-hydrogen) atoms. The van der Waals surface area contributed by atoms with Gasteiger partial charge in [0.15, 0.2) is 0 Å². The number of nitrogens with zero attached hydrogens (tertiary/aromatic N) is 12. The number of nitrogens with one attached hydrogen (secondary N) is 9. The van der Waals surface area contributed by atoms with Gasteiger partial charge in [-0.25, -0.2) is 42.6 Å². The fourth-order valence-corrected chi connectivity index (χ4v) is 19.7. The van der Waals surface area contributed by atoms with Gasteiger partial charge in [0.25, 0.3) is 17.7 Å². The molecule has 36 nitrogen and oxygen atoms in total. The highest BCUT2D eigenvalue weighted by Crippen LogP contribution is 2.38. The molecule has 9 N–H and O–H groups in total. The van der Waals surface area contributed by atoms with E-state index in [1.165, 1.54) is 0 Å². The Kier molecular flexibility index (Phi) is 29.5. The molecule has 3 aliphatic rings. The van der Waals surface area contributed by atoms with Gasteiger partial charge in [-0.2, -0.15) is 53.5 Å². The molecule has 0 atom stereocenters. The number of aromatic nitrogens is 9. The predicted molar refractivity (Wildman–Crippen MR) is 532 cm³/mol. The molecule has 6 aromatic heterocycles. The van der Waals surface area contributed by atoms with Crippen LogP contribution in [0, 0.1) is 0 Å². The third-order valence-corrected chi connectivity index (χ3v) is 28.1. The van der Waals surface area contributed by atoms with Crippen LogP contribution in [0.4, 0.5) is 48.9 Å². The van der Waals surface area contributed by atoms with E-state index in [1.54, 1.807) is 202 Å². The standard InChI is InChI=1S/C36H39N7O5S.2C32H37N7O5S/c1-35(2,3)31-21-32(43(40-31)26-14-12-25(13-15-26)23-42-36(4,5)33(44)41-49(42,46)47)39-34(45)38-29-16-17-30(28-11-7-6-10-27(28)29)48-20-18-24-9-8-19-37-22-24;1-31(2,3)27-20-28(35-30(41)34-24-8-12-26(13-9-24)44-19-16-22-14-17-33-18-15-22)39(36-27)25-10-6-23(7-11-25)21-38-32(4,5)29(40)37-45(38,42)43;1-31(2,3)27-19-28(35-30(41)34-24-10-14-26(15-11-24)44-18-16-22-7-6-17-33-20-22)39(36-27)25-12-8-23(9-13-25)21-38-32(4,5)29(40)37-45(38,42)43/h6-17,19,21-22H,18,20,23H2,1-5H3,(H,41,44)(H2,38,39,45);6-15,17-18,20H,16,19,21H2,1-5H3,(H,37,40)(H2,34,35,41);6-15,17,19-20H,16,18,21H2,1-5H3,(H,37,40)(H2,34,35,41). The minimum absolute atomic E-state index is 0.0104. The SMILES string of the molecule is CC(C)(C)c1cc(NC(=O)Nc2ccc(OCCc3cccnc3)c3ccccc23)n(-c2ccc(CN3C(C)(C)C(=O)NS3(=O)=O)cc2)n1.CC(C)(C)c1cc(NC(=O)Nc2ccc(OCCc3cccnc3)cc2)n(-c2ccc(CN3C(C)(C)C(=O)NS3(=O)=O)cc2)n1.CC(C)(C)c1cc(NC(=O)Nc2ccc(OCCc3ccncc3)cc2)n(-c2ccc(CN3C(C)(C)C(=O)NS3(=O)=O)cc2)n1. The first-order chi connectivity index (χ1) is 65.7. The second kappa shape index (κ2) is 40.9. The van der Waals surface area contributed by atoms with Crippen molar-refractivity contribution in [2.45, 2.75) is 176 Å². The number of pyridine rings is 3. The summed E-state index contributed by atoms with van der Waals surface area (Å²) in [4.78, 5) is 88.5. The minimum Gasteiger partial charge on any atom is -0.493 e. The van der Waals surface area contributed by atoms with Crippen molar-refractivity contribution >= 4 is 112 Å². The smallest absolute Gasteiger partial charge is 0.324 e. The zero-order chi connectivity index (χ0) is 99.8. The van der Waals surface area contributed by atoms with Crippen molar-refractivity contribution in [3.8, 4) is 34.3 Å². The summed E-state index contributed by atoms with van der Waals surface area (Å²) in [6.07, 6.45) is 12.8. The van der Waals surface area contributed by atoms with Crippen LogP contribution in [-0.2, 0) is 100 Å². The molecular weight excluding hydrogens is 1830 g/mol. The van der Waals surface area contributed by atoms with Gasteiger partial charge < -0.3 is 30.2 Å². The molecule has 7 aromatic carbocycles. The summed E-state index contributed by atoms with van der Waals surface area (Å²) in [5.41, 5.74) is 6.93. The monoisotopic (exact) mass is 1940 g/mol. The van der Waals surface area contributed by atoms with Gasteiger partial charge in [-0.05, 0) is 196 Å². The molecule has 0 saturated carbocycles. The average molecular weight is 1950 g/mol. The van der Waals surface area contributed by atoms with Crippen molar-refractivity contribution in [3.05, 3.63) is 300 Å². The number of carbonyl (C=O) groups excluding carboxylic acids is 6. The molecular formula is C100H113N21O15S3. The Labute approximate surface area is 808 Å². The summed E-state index contributed by atoms with van der Waals surface area (Å²) in [6.45, 7) is 29.2. The number of ether oxygens (including phenoxy) is 3. The number of benzene rings is 7. The molecule has 3 aliphatic heterocycles. The maximum atomic E-state index is 13.5. The van der Waals surface area contributed by atoms with E-state index in [1.807, 2.05) is 166 Å². The zero-order valence-corrected chi connectivity index (χ0v) is 82.2. The highest BCUT2D eigenvalue weighted by molar-refractivity contribution is 7.88. The summed E-state index contributed by atoms with van der Waals surface area (Å²) >= 11 is 0. The largest absolute Gasteiger partial charge is 0.493 e. The Morgan fingerprint density at radius 1 is 0.345 bits per heavy atom. The van der Waals surface area contributed by atoms with E-state index in [-0.39, 0.29) is 35.9 Å². The Morgan fingerprint density at radius 2 is 0.676 bits per heavy atom. The van der Waals surface area contributed by atoms with Crippen LogP contribution >= 0.6 is 0 Å². The first-order valence-electron chi connectivity index (χ1n) is 44.8. The lowest BCUT2D eigenvalue weighted by atomic mass is 9.92. The fourth-order valence-electron chi connectivity index (χ4n) is 14.9. The number of fused-ring (bicyclic) bond motifs is 1. The molecule has 9 heterocycles. The van der Waals surface area contributed by atoms with Gasteiger partial charge in [0.2, 0.25) is 0 Å². The summed E-state index contributed by atoms with van der Waals surface area (Å²) in [5.74, 6) is 1.76. The van der Waals surface area contributed by atoms with Crippen molar-refractivity contribution in [2.24, 2.45) is 0 Å². The van der Waals surface area contributed by atoms with Gasteiger partial charge in [-0.3, -0.25) is 45.3 Å². The van der Waals surface area contributed by atoms with Crippen LogP contribution in [0.3, 0.4) is 0 Å². The first-order valence-corrected chi connectivity index (χ1v) is 49.1. The lowest BCUT2D eigenvalue weighted by Gasteiger charge is -2.25. The van der Waals surface area contributed by atoms with E-state index in [4.69, 9.17) is 29.5 Å². The van der Waals surface area contributed by atoms with Gasteiger partial charge in [0.05, 0.1) is 59.7 Å². The van der Waals surface area contributed by atoms with E-state index >= 15 is 0 Å². The molecule has 16 rings (SSSR count). The van der Waals surface area contributed by atoms with E-state index in [0.717, 1.165) is 76.1 Å². The number of rotatable bonds is 27. The summed E-state index contributed by atoms with van der Waals surface area (Å²) in [7, 11) is -11.8. The summed E-state index contributed by atoms with van der Waals surface area (Å²) in [5, 5.41) is 33.5. The lowest BCUT2D eigenvalue weighted by molar-refractivity contribution is -0.125. The highest BCUT2D eigenvalue weighted by Gasteiger charge is 2.53. The molecule has 0 unspecified atom stereocenters. The molecule has 0 spiro atoms. The minimum atomic E-state index is -3.94. The van der Waals surface area contributed by atoms with Crippen LogP contribution in [-0.4, -0.2) is 155 Å². The number of amides is 9. The van der Waals surface area contributed by atoms with Crippen LogP contribution in [0.2, 0.25) is 0 Å². The van der Waals surface area contributed by atoms with Crippen LogP contribution in [0.25, 0.3) is 27.8 Å². The van der Waals surface area contributed by atoms with Crippen LogP contribution in [0.1, 0.15) is 154 Å². The molecule has 39 heteroatoms. The quantitative estimate of drug-likeness (QED) is 0.0231. The second-order valence-electron chi connectivity index (χ2n) is 38.1. The lowest BCUT2D eigenvalue weighted by Crippen LogP contribution is -2.43. The third-order valence-electron chi connectivity index (χ3n) is 23.3. The Bertz CT molecular complexity index is 6750. The number of hydrogen-bond acceptors (Lipinski definition) is 21. The number of anilines is 6. The highest BCUT2D eigenvalue weighted by atomic mass is 32.2. The van der Waals surface area contributed by atoms with E-state index in [0.29, 0.717) is 106 Å². The zero-order valence-electron chi connectivity index (χ0n) is 79.8. The summed E-state index contributed by atoms with van der Waals surface area (Å²) in [6, 6.07) is 62.9. The maximum Gasteiger partial charge on any atom is 0.324 e. The van der Waals surface area contributed by atoms with Gasteiger partial charge >= 0.3 is 48.7 Å². The molecule has 9 amide bonds. The van der Waals surface area contributed by atoms with Gasteiger partial charge in [0, 0.05) is 133 Å². The first kappa shape index (κ1) is 100. The number of carbonyl (C=O) groups is 6. The molecule has 3 saturated heterocycles. The van der Waals surface area contributed by atoms with Crippen LogP contribution < -0.4 is 60.3 Å². The van der Waals surface area contributed by atoms with Crippen molar-refractivity contribution < 1.29 is 68.2 Å². The number of hydrogen-bond donors (Lipinski definition) is 9.